The Morgan fingerprint density at radius 1 is 1.18 bits per heavy atom. The smallest absolute Gasteiger partial charge is 0.381 e. The first-order valence-electron chi connectivity index (χ1n) is 11.7. The predicted molar refractivity (Wildman–Crippen MR) is 130 cm³/mol. The fourth-order valence-corrected chi connectivity index (χ4v) is 4.90. The van der Waals surface area contributed by atoms with Crippen molar-refractivity contribution in [1.82, 2.24) is 15.3 Å². The molecule has 0 spiro atoms. The van der Waals surface area contributed by atoms with Crippen molar-refractivity contribution >= 4 is 29.1 Å². The lowest BCUT2D eigenvalue weighted by Crippen LogP contribution is -2.45. The molecule has 184 valence electrons. The van der Waals surface area contributed by atoms with Crippen molar-refractivity contribution in [3.8, 4) is 0 Å². The van der Waals surface area contributed by atoms with Gasteiger partial charge in [-0.25, -0.2) is 4.98 Å². The van der Waals surface area contributed by atoms with Crippen LogP contribution in [0.5, 0.6) is 0 Å². The summed E-state index contributed by atoms with van der Waals surface area (Å²) in [5.41, 5.74) is 0.0324. The highest BCUT2D eigenvalue weighted by Crippen LogP contribution is 2.35. The summed E-state index contributed by atoms with van der Waals surface area (Å²) in [5, 5.41) is 6.19. The maximum Gasteiger partial charge on any atom is 0.433 e. The number of nitrogens with one attached hydrogen (secondary N) is 2. The molecule has 1 aromatic heterocycles. The second-order valence-corrected chi connectivity index (χ2v) is 9.45. The molecule has 4 rings (SSSR count). The molecule has 1 unspecified atom stereocenters. The number of thiocarbonyl (C=S) groups is 1. The van der Waals surface area contributed by atoms with Crippen molar-refractivity contribution in [3.63, 3.8) is 0 Å². The molecule has 2 fully saturated rings. The van der Waals surface area contributed by atoms with Crippen LogP contribution in [0.15, 0.2) is 36.4 Å². The van der Waals surface area contributed by atoms with Crippen LogP contribution in [0.1, 0.15) is 50.3 Å². The fourth-order valence-electron chi connectivity index (χ4n) is 4.74. The van der Waals surface area contributed by atoms with Crippen LogP contribution < -0.4 is 15.5 Å². The molecule has 0 amide bonds. The van der Waals surface area contributed by atoms with E-state index in [1.807, 2.05) is 30.0 Å². The van der Waals surface area contributed by atoms with Crippen molar-refractivity contribution in [3.05, 3.63) is 47.7 Å². The average molecular weight is 494 g/mol. The maximum atomic E-state index is 13.6. The molecule has 2 aliphatic heterocycles. The Labute approximate surface area is 203 Å². The molecule has 2 N–H and O–H groups in total. The van der Waals surface area contributed by atoms with Gasteiger partial charge < -0.3 is 20.3 Å². The molecule has 0 radical (unpaired) electrons. The van der Waals surface area contributed by atoms with Crippen molar-refractivity contribution in [2.24, 2.45) is 0 Å². The SMILES string of the molecule is CC1CCCCN1c1cc(C(F)(F)F)nc(NC(=S)NCC2(c3ccccc3)CCOCC2)n1. The van der Waals surface area contributed by atoms with Gasteiger partial charge in [0, 0.05) is 43.8 Å². The zero-order chi connectivity index (χ0) is 24.2. The van der Waals surface area contributed by atoms with Gasteiger partial charge in [-0.2, -0.15) is 18.2 Å². The third-order valence-electron chi connectivity index (χ3n) is 6.75. The van der Waals surface area contributed by atoms with Crippen LogP contribution in [0.4, 0.5) is 24.9 Å². The molecule has 1 aromatic carbocycles. The monoisotopic (exact) mass is 493 g/mol. The van der Waals surface area contributed by atoms with Crippen LogP contribution in [0.2, 0.25) is 0 Å². The number of anilines is 2. The van der Waals surface area contributed by atoms with E-state index < -0.39 is 11.9 Å². The largest absolute Gasteiger partial charge is 0.433 e. The van der Waals surface area contributed by atoms with Crippen molar-refractivity contribution in [2.75, 3.05) is 36.5 Å². The molecule has 0 saturated carbocycles. The number of aromatic nitrogens is 2. The molecule has 10 heteroatoms. The number of benzene rings is 1. The first-order chi connectivity index (χ1) is 16.3. The number of nitrogens with zero attached hydrogens (tertiary/aromatic N) is 3. The minimum Gasteiger partial charge on any atom is -0.381 e. The zero-order valence-electron chi connectivity index (χ0n) is 19.2. The van der Waals surface area contributed by atoms with Crippen molar-refractivity contribution < 1.29 is 17.9 Å². The molecule has 1 atom stereocenters. The number of alkyl halides is 3. The highest BCUT2D eigenvalue weighted by atomic mass is 32.1. The second-order valence-electron chi connectivity index (χ2n) is 9.04. The molecule has 6 nitrogen and oxygen atoms in total. The van der Waals surface area contributed by atoms with Gasteiger partial charge in [0.25, 0.3) is 0 Å². The number of halogens is 3. The Kier molecular flexibility index (Phi) is 7.57. The van der Waals surface area contributed by atoms with Gasteiger partial charge >= 0.3 is 6.18 Å². The standard InChI is InChI=1S/C24H30F3N5OS/c1-17-7-5-6-12-32(17)20-15-19(24(25,26)27)29-21(30-20)31-22(34)28-16-23(10-13-33-14-11-23)18-8-3-2-4-9-18/h2-4,8-9,15,17H,5-7,10-14,16H2,1H3,(H2,28,29,30,31,34). The van der Waals surface area contributed by atoms with E-state index in [1.165, 1.54) is 5.56 Å². The minimum absolute atomic E-state index is 0.113. The summed E-state index contributed by atoms with van der Waals surface area (Å²) in [6, 6.07) is 11.3. The lowest BCUT2D eigenvalue weighted by Gasteiger charge is -2.38. The van der Waals surface area contributed by atoms with Gasteiger partial charge in [-0.3, -0.25) is 0 Å². The van der Waals surface area contributed by atoms with E-state index in [1.54, 1.807) is 0 Å². The normalized spacial score (nSPS) is 20.6. The van der Waals surface area contributed by atoms with E-state index in [0.717, 1.165) is 38.2 Å². The highest BCUT2D eigenvalue weighted by molar-refractivity contribution is 7.80. The van der Waals surface area contributed by atoms with Crippen LogP contribution in [-0.2, 0) is 16.3 Å². The van der Waals surface area contributed by atoms with Gasteiger partial charge in [-0.05, 0) is 56.8 Å². The molecule has 0 bridgehead atoms. The Morgan fingerprint density at radius 3 is 2.59 bits per heavy atom. The molecule has 34 heavy (non-hydrogen) atoms. The first-order valence-corrected chi connectivity index (χ1v) is 12.1. The van der Waals surface area contributed by atoms with E-state index in [-0.39, 0.29) is 28.3 Å². The molecule has 2 aliphatic rings. The van der Waals surface area contributed by atoms with Gasteiger partial charge in [-0.15, -0.1) is 0 Å². The van der Waals surface area contributed by atoms with Gasteiger partial charge in [0.15, 0.2) is 10.8 Å². The quantitative estimate of drug-likeness (QED) is 0.574. The van der Waals surface area contributed by atoms with Crippen LogP contribution >= 0.6 is 12.2 Å². The molecular weight excluding hydrogens is 463 g/mol. The van der Waals surface area contributed by atoms with E-state index in [0.29, 0.717) is 26.3 Å². The summed E-state index contributed by atoms with van der Waals surface area (Å²) in [7, 11) is 0. The number of rotatable bonds is 5. The van der Waals surface area contributed by atoms with E-state index in [4.69, 9.17) is 17.0 Å². The fraction of sp³-hybridized carbons (Fsp3) is 0.542. The number of hydrogen-bond donors (Lipinski definition) is 2. The summed E-state index contributed by atoms with van der Waals surface area (Å²) >= 11 is 5.44. The summed E-state index contributed by atoms with van der Waals surface area (Å²) in [5.74, 6) is 0.117. The van der Waals surface area contributed by atoms with Crippen LogP contribution in [0.3, 0.4) is 0 Å². The summed E-state index contributed by atoms with van der Waals surface area (Å²) < 4.78 is 46.3. The summed E-state index contributed by atoms with van der Waals surface area (Å²) in [6.07, 6.45) is -0.0414. The molecule has 3 heterocycles. The third kappa shape index (κ3) is 5.78. The topological polar surface area (TPSA) is 62.3 Å². The Morgan fingerprint density at radius 2 is 1.91 bits per heavy atom. The molecule has 2 aromatic rings. The summed E-state index contributed by atoms with van der Waals surface area (Å²) in [4.78, 5) is 10.0. The number of ether oxygens (including phenoxy) is 1. The van der Waals surface area contributed by atoms with Gasteiger partial charge in [-0.1, -0.05) is 30.3 Å². The number of hydrogen-bond acceptors (Lipinski definition) is 5. The van der Waals surface area contributed by atoms with E-state index >= 15 is 0 Å². The molecule has 0 aliphatic carbocycles. The molecule has 2 saturated heterocycles. The number of piperidine rings is 1. The minimum atomic E-state index is -4.58. The highest BCUT2D eigenvalue weighted by Gasteiger charge is 2.36. The summed E-state index contributed by atoms with van der Waals surface area (Å²) in [6.45, 7) is 4.49. The van der Waals surface area contributed by atoms with Crippen molar-refractivity contribution in [2.45, 2.75) is 56.7 Å². The van der Waals surface area contributed by atoms with E-state index in [2.05, 4.69) is 32.7 Å². The van der Waals surface area contributed by atoms with Crippen molar-refractivity contribution in [1.29, 1.82) is 0 Å². The van der Waals surface area contributed by atoms with Gasteiger partial charge in [0.2, 0.25) is 5.95 Å². The maximum absolute atomic E-state index is 13.6. The van der Waals surface area contributed by atoms with E-state index in [9.17, 15) is 13.2 Å². The predicted octanol–water partition coefficient (Wildman–Crippen LogP) is 4.91. The van der Waals surface area contributed by atoms with Crippen LogP contribution in [0.25, 0.3) is 0 Å². The Hall–Kier alpha value is -2.46. The van der Waals surface area contributed by atoms with Crippen LogP contribution in [0, 0.1) is 0 Å². The van der Waals surface area contributed by atoms with Crippen LogP contribution in [-0.4, -0.2) is 47.4 Å². The van der Waals surface area contributed by atoms with Gasteiger partial charge in [0.1, 0.15) is 5.82 Å². The first kappa shape index (κ1) is 24.7. The lowest BCUT2D eigenvalue weighted by molar-refractivity contribution is -0.141. The van der Waals surface area contributed by atoms with Gasteiger partial charge in [0.05, 0.1) is 0 Å². The second kappa shape index (κ2) is 10.4. The average Bonchev–Trinajstić information content (AvgIpc) is 2.83. The zero-order valence-corrected chi connectivity index (χ0v) is 20.0. The Balaban J connectivity index is 1.51. The Bertz CT molecular complexity index is 982. The third-order valence-corrected chi connectivity index (χ3v) is 7.00. The lowest BCUT2D eigenvalue weighted by atomic mass is 9.74. The molecular formula is C24H30F3N5OS.